The lowest BCUT2D eigenvalue weighted by Gasteiger charge is -2.10. The van der Waals surface area contributed by atoms with Gasteiger partial charge < -0.3 is 10.6 Å². The van der Waals surface area contributed by atoms with E-state index in [2.05, 4.69) is 10.6 Å². The van der Waals surface area contributed by atoms with Gasteiger partial charge in [0, 0.05) is 16.8 Å². The van der Waals surface area contributed by atoms with E-state index in [0.717, 1.165) is 21.9 Å². The summed E-state index contributed by atoms with van der Waals surface area (Å²) >= 11 is 0. The highest BCUT2D eigenvalue weighted by atomic mass is 16.2. The van der Waals surface area contributed by atoms with Gasteiger partial charge in [-0.1, -0.05) is 42.5 Å². The molecular weight excluding hydrogens is 300 g/mol. The van der Waals surface area contributed by atoms with Crippen molar-refractivity contribution >= 4 is 34.0 Å². The molecule has 0 heterocycles. The lowest BCUT2D eigenvalue weighted by Crippen LogP contribution is -2.29. The van der Waals surface area contributed by atoms with Crippen molar-refractivity contribution in [2.75, 3.05) is 10.6 Å². The fourth-order valence-electron chi connectivity index (χ4n) is 2.52. The molecule has 4 heteroatoms. The second-order valence-corrected chi connectivity index (χ2v) is 5.73. The van der Waals surface area contributed by atoms with Crippen molar-refractivity contribution in [3.8, 4) is 0 Å². The predicted molar refractivity (Wildman–Crippen MR) is 97.1 cm³/mol. The molecule has 2 amide bonds. The number of amides is 2. The van der Waals surface area contributed by atoms with E-state index in [1.807, 2.05) is 62.4 Å². The molecule has 2 N–H and O–H groups in total. The summed E-state index contributed by atoms with van der Waals surface area (Å²) in [6.45, 7) is 3.95. The first kappa shape index (κ1) is 15.7. The first-order valence-corrected chi connectivity index (χ1v) is 7.72. The number of benzene rings is 3. The number of carbonyl (C=O) groups is 2. The molecule has 0 aliphatic rings. The third-order valence-corrected chi connectivity index (χ3v) is 4.01. The fraction of sp³-hybridized carbons (Fsp3) is 0.100. The average Bonchev–Trinajstić information content (AvgIpc) is 2.58. The third-order valence-electron chi connectivity index (χ3n) is 4.01. The van der Waals surface area contributed by atoms with Gasteiger partial charge in [-0.25, -0.2) is 0 Å². The zero-order valence-electron chi connectivity index (χ0n) is 13.6. The van der Waals surface area contributed by atoms with Crippen molar-refractivity contribution in [1.29, 1.82) is 0 Å². The number of aryl methyl sites for hydroxylation is 2. The summed E-state index contributed by atoms with van der Waals surface area (Å²) in [5, 5.41) is 7.21. The Balaban J connectivity index is 1.76. The number of fused-ring (bicyclic) bond motifs is 1. The Bertz CT molecular complexity index is 927. The normalized spacial score (nSPS) is 10.4. The molecule has 0 spiro atoms. The van der Waals surface area contributed by atoms with Crippen LogP contribution in [0.1, 0.15) is 11.1 Å². The number of rotatable bonds is 2. The van der Waals surface area contributed by atoms with Gasteiger partial charge in [0.2, 0.25) is 0 Å². The van der Waals surface area contributed by atoms with Crippen molar-refractivity contribution < 1.29 is 9.59 Å². The van der Waals surface area contributed by atoms with Crippen molar-refractivity contribution in [2.24, 2.45) is 0 Å². The van der Waals surface area contributed by atoms with Crippen LogP contribution in [-0.2, 0) is 9.59 Å². The maximum Gasteiger partial charge on any atom is 0.314 e. The topological polar surface area (TPSA) is 58.2 Å². The summed E-state index contributed by atoms with van der Waals surface area (Å²) in [7, 11) is 0. The number of nitrogens with one attached hydrogen (secondary N) is 2. The molecule has 0 fully saturated rings. The lowest BCUT2D eigenvalue weighted by atomic mass is 10.1. The van der Waals surface area contributed by atoms with Gasteiger partial charge >= 0.3 is 11.8 Å². The van der Waals surface area contributed by atoms with Crippen molar-refractivity contribution in [3.05, 3.63) is 71.8 Å². The number of anilines is 2. The Labute approximate surface area is 140 Å². The summed E-state index contributed by atoms with van der Waals surface area (Å²) in [4.78, 5) is 24.3. The second-order valence-electron chi connectivity index (χ2n) is 5.73. The van der Waals surface area contributed by atoms with Gasteiger partial charge in [0.15, 0.2) is 0 Å². The predicted octanol–water partition coefficient (Wildman–Crippen LogP) is 4.03. The van der Waals surface area contributed by atoms with E-state index < -0.39 is 11.8 Å². The quantitative estimate of drug-likeness (QED) is 0.701. The van der Waals surface area contributed by atoms with Crippen LogP contribution in [0, 0.1) is 13.8 Å². The van der Waals surface area contributed by atoms with Crippen LogP contribution in [0.3, 0.4) is 0 Å². The van der Waals surface area contributed by atoms with Crippen LogP contribution in [0.4, 0.5) is 11.4 Å². The highest BCUT2D eigenvalue weighted by molar-refractivity contribution is 6.44. The van der Waals surface area contributed by atoms with Crippen molar-refractivity contribution in [1.82, 2.24) is 0 Å². The fourth-order valence-corrected chi connectivity index (χ4v) is 2.52. The van der Waals surface area contributed by atoms with Crippen LogP contribution < -0.4 is 10.6 Å². The van der Waals surface area contributed by atoms with Gasteiger partial charge in [0.1, 0.15) is 0 Å². The van der Waals surface area contributed by atoms with Crippen LogP contribution in [-0.4, -0.2) is 11.8 Å². The molecule has 24 heavy (non-hydrogen) atoms. The van der Waals surface area contributed by atoms with Gasteiger partial charge in [-0.2, -0.15) is 0 Å². The Morgan fingerprint density at radius 2 is 1.46 bits per heavy atom. The zero-order valence-corrected chi connectivity index (χ0v) is 13.6. The summed E-state index contributed by atoms with van der Waals surface area (Å²) in [5.41, 5.74) is 3.42. The molecule has 0 saturated heterocycles. The van der Waals surface area contributed by atoms with E-state index in [1.54, 1.807) is 12.1 Å². The molecule has 0 aliphatic heterocycles. The molecule has 3 aromatic rings. The molecular formula is C20H18N2O2. The van der Waals surface area contributed by atoms with E-state index in [1.165, 1.54) is 0 Å². The maximum absolute atomic E-state index is 12.2. The van der Waals surface area contributed by atoms with Crippen LogP contribution in [0.25, 0.3) is 10.8 Å². The molecule has 0 saturated carbocycles. The molecule has 3 aromatic carbocycles. The summed E-state index contributed by atoms with van der Waals surface area (Å²) < 4.78 is 0. The van der Waals surface area contributed by atoms with E-state index in [-0.39, 0.29) is 0 Å². The van der Waals surface area contributed by atoms with Gasteiger partial charge in [0.25, 0.3) is 0 Å². The largest absolute Gasteiger partial charge is 0.318 e. The van der Waals surface area contributed by atoms with E-state index in [0.29, 0.717) is 11.4 Å². The minimum Gasteiger partial charge on any atom is -0.318 e. The lowest BCUT2D eigenvalue weighted by molar-refractivity contribution is -0.132. The van der Waals surface area contributed by atoms with E-state index >= 15 is 0 Å². The van der Waals surface area contributed by atoms with Gasteiger partial charge in [-0.05, 0) is 48.6 Å². The van der Waals surface area contributed by atoms with Gasteiger partial charge in [-0.15, -0.1) is 0 Å². The highest BCUT2D eigenvalue weighted by Gasteiger charge is 2.15. The zero-order chi connectivity index (χ0) is 17.1. The number of carbonyl (C=O) groups excluding carboxylic acids is 2. The molecule has 4 nitrogen and oxygen atoms in total. The van der Waals surface area contributed by atoms with E-state index in [4.69, 9.17) is 0 Å². The molecule has 0 bridgehead atoms. The maximum atomic E-state index is 12.2. The first-order valence-electron chi connectivity index (χ1n) is 7.72. The summed E-state index contributed by atoms with van der Waals surface area (Å²) in [6.07, 6.45) is 0. The second kappa shape index (κ2) is 6.54. The van der Waals surface area contributed by atoms with Crippen molar-refractivity contribution in [2.45, 2.75) is 13.8 Å². The summed E-state index contributed by atoms with van der Waals surface area (Å²) in [6, 6.07) is 18.8. The molecule has 0 unspecified atom stereocenters. The standard InChI is InChI=1S/C20H18N2O2/c1-13-10-11-16(12-14(13)2)21-19(23)20(24)22-18-9-5-7-15-6-3-4-8-17(15)18/h3-12H,1-2H3,(H,21,23)(H,22,24). The third kappa shape index (κ3) is 3.27. The number of hydrogen-bond donors (Lipinski definition) is 2. The molecule has 0 radical (unpaired) electrons. The number of hydrogen-bond acceptors (Lipinski definition) is 2. The van der Waals surface area contributed by atoms with Crippen molar-refractivity contribution in [3.63, 3.8) is 0 Å². The highest BCUT2D eigenvalue weighted by Crippen LogP contribution is 2.23. The van der Waals surface area contributed by atoms with Crippen LogP contribution >= 0.6 is 0 Å². The van der Waals surface area contributed by atoms with Crippen LogP contribution in [0.2, 0.25) is 0 Å². The van der Waals surface area contributed by atoms with Gasteiger partial charge in [0.05, 0.1) is 0 Å². The molecule has 3 rings (SSSR count). The Morgan fingerprint density at radius 3 is 2.25 bits per heavy atom. The average molecular weight is 318 g/mol. The van der Waals surface area contributed by atoms with E-state index in [9.17, 15) is 9.59 Å². The smallest absolute Gasteiger partial charge is 0.314 e. The minimum atomic E-state index is -0.690. The molecule has 0 aromatic heterocycles. The van der Waals surface area contributed by atoms with Crippen LogP contribution in [0.15, 0.2) is 60.7 Å². The monoisotopic (exact) mass is 318 g/mol. The van der Waals surface area contributed by atoms with Gasteiger partial charge in [-0.3, -0.25) is 9.59 Å². The Hall–Kier alpha value is -3.14. The Kier molecular flexibility index (Phi) is 4.29. The molecule has 0 atom stereocenters. The molecule has 0 aliphatic carbocycles. The minimum absolute atomic E-state index is 0.608. The van der Waals surface area contributed by atoms with Crippen LogP contribution in [0.5, 0.6) is 0 Å². The Morgan fingerprint density at radius 1 is 0.750 bits per heavy atom. The first-order chi connectivity index (χ1) is 11.5. The summed E-state index contributed by atoms with van der Waals surface area (Å²) in [5.74, 6) is -1.38. The SMILES string of the molecule is Cc1ccc(NC(=O)C(=O)Nc2cccc3ccccc23)cc1C. The molecule has 120 valence electrons.